The molecule has 2 heterocycles. The number of anilines is 1. The first-order valence-corrected chi connectivity index (χ1v) is 9.98. The highest BCUT2D eigenvalue weighted by Crippen LogP contribution is 2.31. The highest BCUT2D eigenvalue weighted by atomic mass is 32.1. The van der Waals surface area contributed by atoms with Gasteiger partial charge in [0.2, 0.25) is 11.1 Å². The van der Waals surface area contributed by atoms with Gasteiger partial charge in [0, 0.05) is 24.9 Å². The van der Waals surface area contributed by atoms with Crippen LogP contribution in [-0.4, -0.2) is 33.9 Å². The monoisotopic (exact) mass is 465 g/mol. The number of hydrogen-bond acceptors (Lipinski definition) is 5. The Hall–Kier alpha value is -4.38. The van der Waals surface area contributed by atoms with Crippen LogP contribution < -0.4 is 10.6 Å². The summed E-state index contributed by atoms with van der Waals surface area (Å²) in [6.45, 7) is 0. The zero-order chi connectivity index (χ0) is 23.5. The summed E-state index contributed by atoms with van der Waals surface area (Å²) in [5, 5.41) is 16.8. The maximum absolute atomic E-state index is 13.0. The highest BCUT2D eigenvalue weighted by molar-refractivity contribution is 7.80. The number of para-hydroxylation sites is 1. The van der Waals surface area contributed by atoms with E-state index in [1.165, 1.54) is 41.3 Å². The van der Waals surface area contributed by atoms with E-state index in [4.69, 9.17) is 16.6 Å². The Balaban J connectivity index is 1.53. The second-order valence-electron chi connectivity index (χ2n) is 6.89. The third-order valence-corrected chi connectivity index (χ3v) is 4.91. The molecule has 3 aromatic rings. The molecule has 0 bridgehead atoms. The number of halogens is 1. The predicted molar refractivity (Wildman–Crippen MR) is 125 cm³/mol. The first-order chi connectivity index (χ1) is 15.8. The third-order valence-electron chi connectivity index (χ3n) is 4.71. The molecule has 0 unspecified atom stereocenters. The molecule has 0 spiro atoms. The van der Waals surface area contributed by atoms with Crippen LogP contribution in [0.4, 0.5) is 15.8 Å². The summed E-state index contributed by atoms with van der Waals surface area (Å²) in [7, 11) is 1.62. The number of benzene rings is 2. The van der Waals surface area contributed by atoms with Crippen molar-refractivity contribution in [3.63, 3.8) is 0 Å². The lowest BCUT2D eigenvalue weighted by molar-refractivity contribution is -0.384. The van der Waals surface area contributed by atoms with Crippen LogP contribution in [0.2, 0.25) is 0 Å². The van der Waals surface area contributed by atoms with E-state index in [0.29, 0.717) is 22.8 Å². The molecule has 0 aliphatic carbocycles. The molecule has 11 heteroatoms. The van der Waals surface area contributed by atoms with Crippen molar-refractivity contribution in [2.24, 2.45) is 4.99 Å². The smallest absolute Gasteiger partial charge is 0.280 e. The van der Waals surface area contributed by atoms with Crippen LogP contribution in [-0.2, 0) is 4.79 Å². The van der Waals surface area contributed by atoms with Gasteiger partial charge in [-0.1, -0.05) is 12.1 Å². The number of carbonyl (C=O) groups excluding carboxylic acids is 1. The number of furan rings is 1. The number of aliphatic imine (C=N–C) groups is 1. The van der Waals surface area contributed by atoms with Gasteiger partial charge in [-0.25, -0.2) is 4.39 Å². The van der Waals surface area contributed by atoms with E-state index in [-0.39, 0.29) is 28.3 Å². The maximum Gasteiger partial charge on any atom is 0.280 e. The van der Waals surface area contributed by atoms with E-state index in [0.717, 1.165) is 0 Å². The Labute approximate surface area is 192 Å². The van der Waals surface area contributed by atoms with Crippen LogP contribution in [0.15, 0.2) is 75.8 Å². The average Bonchev–Trinajstić information content (AvgIpc) is 3.36. The number of likely N-dealkylation sites (N-methyl/N-ethyl adjacent to an activating group) is 1. The van der Waals surface area contributed by atoms with E-state index in [1.807, 2.05) is 0 Å². The molecular formula is C22H16FN5O4S. The second kappa shape index (κ2) is 9.01. The fraction of sp³-hybridized carbons (Fsp3) is 0.0455. The van der Waals surface area contributed by atoms with Crippen molar-refractivity contribution in [1.29, 1.82) is 0 Å². The summed E-state index contributed by atoms with van der Waals surface area (Å²) in [5.41, 5.74) is 1.03. The van der Waals surface area contributed by atoms with E-state index < -0.39 is 10.8 Å². The number of hydrogen-bond donors (Lipinski definition) is 2. The fourth-order valence-electron chi connectivity index (χ4n) is 3.11. The molecule has 2 aromatic carbocycles. The number of carbonyl (C=O) groups is 1. The van der Waals surface area contributed by atoms with Crippen LogP contribution in [0.5, 0.6) is 0 Å². The number of nitrogens with zero attached hydrogens (tertiary/aromatic N) is 3. The standard InChI is InChI=1S/C22H16FN5O4S/c1-27-18(12-15-10-11-19(32-15)16-4-2-3-5-17(16)28(30)31)20(29)25-21(27)26-22(33)24-14-8-6-13(23)7-9-14/h2-12H,1H3,(H2,24,25,26,29,33)/b18-12+. The third kappa shape index (κ3) is 4.77. The molecule has 0 saturated carbocycles. The molecule has 9 nitrogen and oxygen atoms in total. The summed E-state index contributed by atoms with van der Waals surface area (Å²) < 4.78 is 18.8. The second-order valence-corrected chi connectivity index (χ2v) is 7.28. The van der Waals surface area contributed by atoms with Gasteiger partial charge < -0.3 is 14.6 Å². The molecule has 0 radical (unpaired) electrons. The quantitative estimate of drug-likeness (QED) is 0.258. The summed E-state index contributed by atoms with van der Waals surface area (Å²) in [5.74, 6) is 0.0151. The number of nitro groups is 1. The minimum absolute atomic E-state index is 0.0710. The molecule has 1 fully saturated rings. The number of guanidine groups is 1. The number of thiocarbonyl (C=S) groups is 1. The van der Waals surface area contributed by atoms with Gasteiger partial charge in [0.05, 0.1) is 10.5 Å². The normalized spacial score (nSPS) is 15.7. The van der Waals surface area contributed by atoms with Crippen LogP contribution in [0.25, 0.3) is 17.4 Å². The molecule has 166 valence electrons. The molecule has 0 atom stereocenters. The van der Waals surface area contributed by atoms with Gasteiger partial charge in [0.15, 0.2) is 0 Å². The molecule has 33 heavy (non-hydrogen) atoms. The van der Waals surface area contributed by atoms with Crippen molar-refractivity contribution in [3.05, 3.63) is 88.1 Å². The van der Waals surface area contributed by atoms with Gasteiger partial charge in [0.1, 0.15) is 23.0 Å². The molecule has 1 amide bonds. The van der Waals surface area contributed by atoms with Crippen molar-refractivity contribution >= 4 is 46.6 Å². The summed E-state index contributed by atoms with van der Waals surface area (Å²) in [6, 6.07) is 15.0. The molecule has 1 aliphatic heterocycles. The van der Waals surface area contributed by atoms with Gasteiger partial charge in [-0.05, 0) is 54.7 Å². The van der Waals surface area contributed by atoms with Gasteiger partial charge in [-0.2, -0.15) is 4.99 Å². The van der Waals surface area contributed by atoms with Crippen LogP contribution in [0.3, 0.4) is 0 Å². The number of amides is 1. The molecule has 1 saturated heterocycles. The van der Waals surface area contributed by atoms with Crippen molar-refractivity contribution in [3.8, 4) is 11.3 Å². The van der Waals surface area contributed by atoms with E-state index in [1.54, 1.807) is 37.4 Å². The minimum Gasteiger partial charge on any atom is -0.456 e. The number of nitro benzene ring substituents is 1. The first kappa shape index (κ1) is 21.8. The SMILES string of the molecule is CN1/C(=C/c2ccc(-c3ccccc3[N+](=O)[O-])o2)C(=O)N/C1=N\C(=S)Nc1ccc(F)cc1. The highest BCUT2D eigenvalue weighted by Gasteiger charge is 2.29. The van der Waals surface area contributed by atoms with E-state index >= 15 is 0 Å². The van der Waals surface area contributed by atoms with Gasteiger partial charge in [-0.15, -0.1) is 0 Å². The Morgan fingerprint density at radius 3 is 2.67 bits per heavy atom. The van der Waals surface area contributed by atoms with E-state index in [9.17, 15) is 19.3 Å². The van der Waals surface area contributed by atoms with Crippen molar-refractivity contribution < 1.29 is 18.5 Å². The van der Waals surface area contributed by atoms with Crippen LogP contribution in [0, 0.1) is 15.9 Å². The zero-order valence-corrected chi connectivity index (χ0v) is 17.9. The van der Waals surface area contributed by atoms with Crippen LogP contribution in [0.1, 0.15) is 5.76 Å². The molecule has 1 aromatic heterocycles. The summed E-state index contributed by atoms with van der Waals surface area (Å²) >= 11 is 5.19. The molecule has 1 aliphatic rings. The van der Waals surface area contributed by atoms with Crippen molar-refractivity contribution in [1.82, 2.24) is 10.2 Å². The largest absolute Gasteiger partial charge is 0.456 e. The number of rotatable bonds is 4. The van der Waals surface area contributed by atoms with Crippen LogP contribution >= 0.6 is 12.2 Å². The molecule has 2 N–H and O–H groups in total. The zero-order valence-electron chi connectivity index (χ0n) is 17.1. The Bertz CT molecular complexity index is 1320. The number of nitrogens with one attached hydrogen (secondary N) is 2. The average molecular weight is 465 g/mol. The van der Waals surface area contributed by atoms with E-state index in [2.05, 4.69) is 15.6 Å². The predicted octanol–water partition coefficient (Wildman–Crippen LogP) is 4.15. The van der Waals surface area contributed by atoms with Crippen molar-refractivity contribution in [2.75, 3.05) is 12.4 Å². The maximum atomic E-state index is 13.0. The summed E-state index contributed by atoms with van der Waals surface area (Å²) in [4.78, 5) is 28.9. The lowest BCUT2D eigenvalue weighted by Gasteiger charge is -2.11. The van der Waals surface area contributed by atoms with Gasteiger partial charge in [-0.3, -0.25) is 20.2 Å². The van der Waals surface area contributed by atoms with Gasteiger partial charge in [0.25, 0.3) is 11.6 Å². The lowest BCUT2D eigenvalue weighted by Crippen LogP contribution is -2.29. The lowest BCUT2D eigenvalue weighted by atomic mass is 10.1. The fourth-order valence-corrected chi connectivity index (χ4v) is 3.32. The minimum atomic E-state index is -0.486. The molecular weight excluding hydrogens is 449 g/mol. The van der Waals surface area contributed by atoms with Gasteiger partial charge >= 0.3 is 0 Å². The summed E-state index contributed by atoms with van der Waals surface area (Å²) in [6.07, 6.45) is 1.49. The topological polar surface area (TPSA) is 113 Å². The first-order valence-electron chi connectivity index (χ1n) is 9.57. The Morgan fingerprint density at radius 2 is 1.94 bits per heavy atom. The molecule has 4 rings (SSSR count). The Kier molecular flexibility index (Phi) is 5.96. The Morgan fingerprint density at radius 1 is 1.21 bits per heavy atom. The van der Waals surface area contributed by atoms with Crippen molar-refractivity contribution in [2.45, 2.75) is 0 Å².